The van der Waals surface area contributed by atoms with Crippen molar-refractivity contribution in [3.8, 4) is 0 Å². The molecule has 1 saturated heterocycles. The number of halogens is 1. The predicted octanol–water partition coefficient (Wildman–Crippen LogP) is 2.08. The van der Waals surface area contributed by atoms with Gasteiger partial charge in [-0.05, 0) is 30.4 Å². The molecule has 0 radical (unpaired) electrons. The Balaban J connectivity index is 1.47. The number of nitro benzene ring substituents is 1. The Morgan fingerprint density at radius 1 is 1.23 bits per heavy atom. The summed E-state index contributed by atoms with van der Waals surface area (Å²) < 4.78 is 26.7. The lowest BCUT2D eigenvalue weighted by molar-refractivity contribution is -0.384. The highest BCUT2D eigenvalue weighted by atomic mass is 35.5. The highest BCUT2D eigenvalue weighted by molar-refractivity contribution is 7.89. The van der Waals surface area contributed by atoms with Gasteiger partial charge in [-0.3, -0.25) is 10.1 Å². The van der Waals surface area contributed by atoms with Gasteiger partial charge in [0.05, 0.1) is 21.4 Å². The lowest BCUT2D eigenvalue weighted by Crippen LogP contribution is -2.50. The van der Waals surface area contributed by atoms with Crippen LogP contribution >= 0.6 is 23.8 Å². The molecule has 0 atom stereocenters. The second-order valence-corrected chi connectivity index (χ2v) is 9.60. The van der Waals surface area contributed by atoms with Gasteiger partial charge in [-0.1, -0.05) is 17.7 Å². The number of sulfonamides is 1. The summed E-state index contributed by atoms with van der Waals surface area (Å²) in [6, 6.07) is 9.56. The molecular formula is C18H21ClN6O4S2. The van der Waals surface area contributed by atoms with E-state index in [9.17, 15) is 18.5 Å². The van der Waals surface area contributed by atoms with Crippen LogP contribution in [0.1, 0.15) is 0 Å². The first kappa shape index (κ1) is 23.1. The molecule has 0 spiro atoms. The van der Waals surface area contributed by atoms with Gasteiger partial charge < -0.3 is 15.5 Å². The highest BCUT2D eigenvalue weighted by Gasteiger charge is 2.27. The van der Waals surface area contributed by atoms with Gasteiger partial charge in [0.25, 0.3) is 5.69 Å². The van der Waals surface area contributed by atoms with E-state index in [1.165, 1.54) is 22.5 Å². The zero-order valence-corrected chi connectivity index (χ0v) is 18.8. The third-order valence-corrected chi connectivity index (χ3v) is 7.11. The molecule has 1 fully saturated rings. The first-order chi connectivity index (χ1) is 14.8. The minimum absolute atomic E-state index is 0.0845. The van der Waals surface area contributed by atoms with E-state index in [1.54, 1.807) is 6.20 Å². The summed E-state index contributed by atoms with van der Waals surface area (Å²) in [6.45, 7) is 1.97. The lowest BCUT2D eigenvalue weighted by Gasteiger charge is -2.34. The number of anilines is 2. The first-order valence-electron chi connectivity index (χ1n) is 9.39. The maximum atomic E-state index is 12.6. The normalized spacial score (nSPS) is 14.8. The van der Waals surface area contributed by atoms with Crippen molar-refractivity contribution in [1.29, 1.82) is 0 Å². The van der Waals surface area contributed by atoms with Crippen LogP contribution in [0.25, 0.3) is 0 Å². The molecule has 3 rings (SSSR count). The minimum Gasteiger partial charge on any atom is -0.361 e. The second-order valence-electron chi connectivity index (χ2n) is 6.69. The molecule has 1 aromatic carbocycles. The molecule has 0 unspecified atom stereocenters. The molecule has 31 heavy (non-hydrogen) atoms. The molecule has 0 saturated carbocycles. The maximum Gasteiger partial charge on any atom is 0.271 e. The van der Waals surface area contributed by atoms with Crippen molar-refractivity contribution in [3.05, 3.63) is 57.7 Å². The number of hydrogen-bond acceptors (Lipinski definition) is 7. The largest absolute Gasteiger partial charge is 0.361 e. The Bertz CT molecular complexity index is 1050. The topological polar surface area (TPSA) is 121 Å². The summed E-state index contributed by atoms with van der Waals surface area (Å²) in [4.78, 5) is 16.7. The first-order valence-corrected chi connectivity index (χ1v) is 11.8. The number of rotatable bonds is 7. The number of thiocarbonyl (C=S) groups is 1. The molecule has 2 aromatic rings. The monoisotopic (exact) mass is 484 g/mol. The third-order valence-electron chi connectivity index (χ3n) is 4.66. The average Bonchev–Trinajstić information content (AvgIpc) is 2.75. The van der Waals surface area contributed by atoms with E-state index >= 15 is 0 Å². The standard InChI is InChI=1S/C18H21ClN6O4S2/c19-15-5-4-14(25(26)27)13-16(15)22-18(30)21-7-12-31(28,29)24-10-8-23(9-11-24)17-3-1-2-6-20-17/h1-6,13H,7-12H2,(H2,21,22,30). The van der Waals surface area contributed by atoms with E-state index in [-0.39, 0.29) is 33.8 Å². The fourth-order valence-electron chi connectivity index (χ4n) is 3.05. The van der Waals surface area contributed by atoms with Gasteiger partial charge >= 0.3 is 0 Å². The summed E-state index contributed by atoms with van der Waals surface area (Å²) in [5.74, 6) is 0.693. The molecule has 2 N–H and O–H groups in total. The van der Waals surface area contributed by atoms with Gasteiger partial charge in [0.15, 0.2) is 5.11 Å². The lowest BCUT2D eigenvalue weighted by atomic mass is 10.3. The number of aromatic nitrogens is 1. The maximum absolute atomic E-state index is 12.6. The van der Waals surface area contributed by atoms with E-state index in [0.29, 0.717) is 26.2 Å². The predicted molar refractivity (Wildman–Crippen MR) is 124 cm³/mol. The Morgan fingerprint density at radius 3 is 2.61 bits per heavy atom. The molecule has 1 aromatic heterocycles. The van der Waals surface area contributed by atoms with Crippen molar-refractivity contribution in [3.63, 3.8) is 0 Å². The number of nitrogens with zero attached hydrogens (tertiary/aromatic N) is 4. The van der Waals surface area contributed by atoms with Gasteiger partial charge in [-0.15, -0.1) is 0 Å². The van der Waals surface area contributed by atoms with E-state index in [4.69, 9.17) is 23.8 Å². The van der Waals surface area contributed by atoms with E-state index in [1.807, 2.05) is 23.1 Å². The molecule has 10 nitrogen and oxygen atoms in total. The van der Waals surface area contributed by atoms with Crippen LogP contribution in [-0.4, -0.2) is 66.2 Å². The fraction of sp³-hybridized carbons (Fsp3) is 0.333. The Kier molecular flexibility index (Phi) is 7.59. The average molecular weight is 485 g/mol. The van der Waals surface area contributed by atoms with Crippen molar-refractivity contribution >= 4 is 56.1 Å². The van der Waals surface area contributed by atoms with Gasteiger partial charge in [-0.25, -0.2) is 13.4 Å². The van der Waals surface area contributed by atoms with Crippen molar-refractivity contribution in [1.82, 2.24) is 14.6 Å². The molecule has 0 bridgehead atoms. The number of benzene rings is 1. The van der Waals surface area contributed by atoms with Crippen LogP contribution < -0.4 is 15.5 Å². The number of nitrogens with one attached hydrogen (secondary N) is 2. The number of pyridine rings is 1. The van der Waals surface area contributed by atoms with Crippen LogP contribution in [0, 0.1) is 10.1 Å². The molecular weight excluding hydrogens is 464 g/mol. The number of piperazine rings is 1. The summed E-state index contributed by atoms with van der Waals surface area (Å²) in [6.07, 6.45) is 1.71. The summed E-state index contributed by atoms with van der Waals surface area (Å²) in [5.41, 5.74) is 0.129. The molecule has 2 heterocycles. The van der Waals surface area contributed by atoms with Gasteiger partial charge in [0, 0.05) is 51.1 Å². The molecule has 0 amide bonds. The van der Waals surface area contributed by atoms with Gasteiger partial charge in [-0.2, -0.15) is 4.31 Å². The quantitative estimate of drug-likeness (QED) is 0.345. The van der Waals surface area contributed by atoms with Gasteiger partial charge in [0.1, 0.15) is 5.82 Å². The Morgan fingerprint density at radius 2 is 1.97 bits per heavy atom. The zero-order chi connectivity index (χ0) is 22.4. The summed E-state index contributed by atoms with van der Waals surface area (Å²) in [5, 5.41) is 16.8. The van der Waals surface area contributed by atoms with Gasteiger partial charge in [0.2, 0.25) is 10.0 Å². The van der Waals surface area contributed by atoms with Crippen molar-refractivity contribution < 1.29 is 13.3 Å². The highest BCUT2D eigenvalue weighted by Crippen LogP contribution is 2.26. The molecule has 1 aliphatic rings. The number of nitro groups is 1. The van der Waals surface area contributed by atoms with E-state index in [2.05, 4.69) is 15.6 Å². The minimum atomic E-state index is -3.46. The van der Waals surface area contributed by atoms with E-state index < -0.39 is 14.9 Å². The van der Waals surface area contributed by atoms with Crippen LogP contribution in [0.3, 0.4) is 0 Å². The van der Waals surface area contributed by atoms with Crippen LogP contribution in [0.5, 0.6) is 0 Å². The molecule has 13 heteroatoms. The number of hydrogen-bond donors (Lipinski definition) is 2. The zero-order valence-electron chi connectivity index (χ0n) is 16.4. The Labute approximate surface area is 190 Å². The van der Waals surface area contributed by atoms with Crippen molar-refractivity contribution in [2.75, 3.05) is 48.7 Å². The van der Waals surface area contributed by atoms with Crippen LogP contribution in [0.2, 0.25) is 5.02 Å². The summed E-state index contributed by atoms with van der Waals surface area (Å²) >= 11 is 11.2. The van der Waals surface area contributed by atoms with Crippen LogP contribution in [0.4, 0.5) is 17.2 Å². The second kappa shape index (κ2) is 10.2. The number of non-ortho nitro benzene ring substituents is 1. The summed E-state index contributed by atoms with van der Waals surface area (Å²) in [7, 11) is -3.46. The molecule has 1 aliphatic heterocycles. The van der Waals surface area contributed by atoms with Crippen molar-refractivity contribution in [2.24, 2.45) is 0 Å². The molecule has 0 aliphatic carbocycles. The van der Waals surface area contributed by atoms with Crippen LogP contribution in [0.15, 0.2) is 42.6 Å². The smallest absolute Gasteiger partial charge is 0.271 e. The SMILES string of the molecule is O=[N+]([O-])c1ccc(Cl)c(NC(=S)NCCS(=O)(=O)N2CCN(c3ccccn3)CC2)c1. The third kappa shape index (κ3) is 6.23. The van der Waals surface area contributed by atoms with Crippen molar-refractivity contribution in [2.45, 2.75) is 0 Å². The fourth-order valence-corrected chi connectivity index (χ4v) is 4.76. The Hall–Kier alpha value is -2.54. The van der Waals surface area contributed by atoms with Crippen LogP contribution in [-0.2, 0) is 10.0 Å². The van der Waals surface area contributed by atoms with E-state index in [0.717, 1.165) is 5.82 Å². The molecule has 166 valence electrons.